The number of rotatable bonds is 3. The van der Waals surface area contributed by atoms with Crippen LogP contribution in [0.4, 0.5) is 5.69 Å². The van der Waals surface area contributed by atoms with Crippen molar-refractivity contribution >= 4 is 11.6 Å². The minimum absolute atomic E-state index is 0.204. The third-order valence-electron chi connectivity index (χ3n) is 3.68. The molecule has 0 unspecified atom stereocenters. The molecule has 2 heterocycles. The molecule has 0 radical (unpaired) electrons. The van der Waals surface area contributed by atoms with E-state index in [1.54, 1.807) is 17.1 Å². The van der Waals surface area contributed by atoms with Crippen molar-refractivity contribution in [2.75, 3.05) is 5.32 Å². The lowest BCUT2D eigenvalue weighted by molar-refractivity contribution is 0.102. The molecule has 6 heteroatoms. The molecule has 0 aliphatic rings. The van der Waals surface area contributed by atoms with Gasteiger partial charge in [0.25, 0.3) is 5.91 Å². The van der Waals surface area contributed by atoms with Crippen molar-refractivity contribution in [2.45, 2.75) is 13.8 Å². The van der Waals surface area contributed by atoms with Gasteiger partial charge in [0, 0.05) is 18.3 Å². The Morgan fingerprint density at radius 3 is 2.30 bits per heavy atom. The molecule has 0 fully saturated rings. The van der Waals surface area contributed by atoms with Crippen LogP contribution in [0.3, 0.4) is 0 Å². The zero-order chi connectivity index (χ0) is 16.4. The Bertz CT molecular complexity index is 837. The zero-order valence-electron chi connectivity index (χ0n) is 13.2. The van der Waals surface area contributed by atoms with Crippen LogP contribution in [-0.2, 0) is 7.05 Å². The highest BCUT2D eigenvalue weighted by Crippen LogP contribution is 2.17. The molecule has 116 valence electrons. The smallest absolute Gasteiger partial charge is 0.259 e. The van der Waals surface area contributed by atoms with E-state index in [2.05, 4.69) is 20.4 Å². The maximum Gasteiger partial charge on any atom is 0.259 e. The van der Waals surface area contributed by atoms with Crippen molar-refractivity contribution < 1.29 is 4.79 Å². The summed E-state index contributed by atoms with van der Waals surface area (Å²) in [5, 5.41) is 7.07. The van der Waals surface area contributed by atoms with Crippen LogP contribution in [0.15, 0.2) is 42.7 Å². The Kier molecular flexibility index (Phi) is 3.89. The summed E-state index contributed by atoms with van der Waals surface area (Å²) in [6.45, 7) is 3.68. The van der Waals surface area contributed by atoms with E-state index in [4.69, 9.17) is 0 Å². The minimum atomic E-state index is -0.204. The summed E-state index contributed by atoms with van der Waals surface area (Å²) in [4.78, 5) is 21.0. The van der Waals surface area contributed by atoms with Crippen molar-refractivity contribution in [1.82, 2.24) is 19.7 Å². The van der Waals surface area contributed by atoms with Crippen molar-refractivity contribution in [3.05, 3.63) is 59.7 Å². The van der Waals surface area contributed by atoms with Gasteiger partial charge in [-0.1, -0.05) is 30.3 Å². The van der Waals surface area contributed by atoms with Gasteiger partial charge < -0.3 is 5.32 Å². The second kappa shape index (κ2) is 6.00. The molecule has 0 aliphatic carbocycles. The quantitative estimate of drug-likeness (QED) is 0.807. The number of hydrogen-bond acceptors (Lipinski definition) is 4. The third kappa shape index (κ3) is 2.96. The maximum atomic E-state index is 12.4. The second-order valence-corrected chi connectivity index (χ2v) is 5.28. The van der Waals surface area contributed by atoms with Crippen molar-refractivity contribution in [3.8, 4) is 11.4 Å². The fourth-order valence-corrected chi connectivity index (χ4v) is 2.42. The molecule has 0 saturated carbocycles. The average molecular weight is 307 g/mol. The summed E-state index contributed by atoms with van der Waals surface area (Å²) in [7, 11) is 1.82. The topological polar surface area (TPSA) is 72.7 Å². The Hall–Kier alpha value is -3.02. The van der Waals surface area contributed by atoms with Crippen LogP contribution in [0.5, 0.6) is 0 Å². The van der Waals surface area contributed by atoms with Gasteiger partial charge in [0.2, 0.25) is 0 Å². The fourth-order valence-electron chi connectivity index (χ4n) is 2.42. The van der Waals surface area contributed by atoms with E-state index in [0.717, 1.165) is 11.3 Å². The normalized spacial score (nSPS) is 10.6. The van der Waals surface area contributed by atoms with Crippen LogP contribution in [0.1, 0.15) is 21.7 Å². The lowest BCUT2D eigenvalue weighted by atomic mass is 10.2. The standard InChI is InChI=1S/C17H17N5O/c1-11-15(12(2)22(3)21-11)17(23)20-14-9-18-16(19-10-14)13-7-5-4-6-8-13/h4-10H,1-3H3,(H,20,23). The highest BCUT2D eigenvalue weighted by molar-refractivity contribution is 6.05. The number of carbonyl (C=O) groups excluding carboxylic acids is 1. The van der Waals surface area contributed by atoms with Crippen LogP contribution < -0.4 is 5.32 Å². The number of anilines is 1. The summed E-state index contributed by atoms with van der Waals surface area (Å²) in [5.41, 5.74) is 3.59. The number of carbonyl (C=O) groups is 1. The fraction of sp³-hybridized carbons (Fsp3) is 0.176. The average Bonchev–Trinajstić information content (AvgIpc) is 2.81. The minimum Gasteiger partial charge on any atom is -0.319 e. The summed E-state index contributed by atoms with van der Waals surface area (Å²) in [6, 6.07) is 9.69. The van der Waals surface area contributed by atoms with E-state index in [-0.39, 0.29) is 5.91 Å². The van der Waals surface area contributed by atoms with Crippen LogP contribution in [-0.4, -0.2) is 25.7 Å². The molecule has 0 aliphatic heterocycles. The molecule has 3 aromatic rings. The predicted molar refractivity (Wildman–Crippen MR) is 88.1 cm³/mol. The molecule has 1 amide bonds. The highest BCUT2D eigenvalue weighted by Gasteiger charge is 2.17. The van der Waals surface area contributed by atoms with E-state index in [0.29, 0.717) is 22.8 Å². The van der Waals surface area contributed by atoms with Crippen LogP contribution in [0.25, 0.3) is 11.4 Å². The van der Waals surface area contributed by atoms with Crippen molar-refractivity contribution in [3.63, 3.8) is 0 Å². The van der Waals surface area contributed by atoms with Gasteiger partial charge in [0.05, 0.1) is 29.3 Å². The molecule has 23 heavy (non-hydrogen) atoms. The lowest BCUT2D eigenvalue weighted by Gasteiger charge is -2.06. The Balaban J connectivity index is 1.80. The SMILES string of the molecule is Cc1nn(C)c(C)c1C(=O)Nc1cnc(-c2ccccc2)nc1. The number of amides is 1. The molecular weight excluding hydrogens is 290 g/mol. The molecular formula is C17H17N5O. The summed E-state index contributed by atoms with van der Waals surface area (Å²) in [6.07, 6.45) is 3.21. The van der Waals surface area contributed by atoms with Crippen LogP contribution >= 0.6 is 0 Å². The van der Waals surface area contributed by atoms with Gasteiger partial charge in [-0.05, 0) is 13.8 Å². The third-order valence-corrected chi connectivity index (χ3v) is 3.68. The van der Waals surface area contributed by atoms with E-state index in [1.165, 1.54) is 0 Å². The first-order valence-electron chi connectivity index (χ1n) is 7.25. The predicted octanol–water partition coefficient (Wildman–Crippen LogP) is 2.75. The number of nitrogens with zero attached hydrogens (tertiary/aromatic N) is 4. The molecule has 0 atom stereocenters. The van der Waals surface area contributed by atoms with E-state index >= 15 is 0 Å². The van der Waals surface area contributed by atoms with E-state index in [9.17, 15) is 4.79 Å². The van der Waals surface area contributed by atoms with Gasteiger partial charge in [-0.15, -0.1) is 0 Å². The van der Waals surface area contributed by atoms with Gasteiger partial charge in [0.1, 0.15) is 0 Å². The number of hydrogen-bond donors (Lipinski definition) is 1. The lowest BCUT2D eigenvalue weighted by Crippen LogP contribution is -2.14. The first kappa shape index (κ1) is 14.9. The first-order valence-corrected chi connectivity index (χ1v) is 7.25. The van der Waals surface area contributed by atoms with Gasteiger partial charge in [-0.25, -0.2) is 9.97 Å². The number of benzene rings is 1. The van der Waals surface area contributed by atoms with Gasteiger partial charge in [-0.3, -0.25) is 9.48 Å². The van der Waals surface area contributed by atoms with E-state index in [1.807, 2.05) is 51.2 Å². The van der Waals surface area contributed by atoms with Gasteiger partial charge >= 0.3 is 0 Å². The van der Waals surface area contributed by atoms with Gasteiger partial charge in [0.15, 0.2) is 5.82 Å². The highest BCUT2D eigenvalue weighted by atomic mass is 16.1. The van der Waals surface area contributed by atoms with Crippen LogP contribution in [0.2, 0.25) is 0 Å². The molecule has 6 nitrogen and oxygen atoms in total. The Morgan fingerprint density at radius 1 is 1.09 bits per heavy atom. The largest absolute Gasteiger partial charge is 0.319 e. The summed E-state index contributed by atoms with van der Waals surface area (Å²) >= 11 is 0. The summed E-state index contributed by atoms with van der Waals surface area (Å²) in [5.74, 6) is 0.418. The van der Waals surface area contributed by atoms with Crippen LogP contribution in [0, 0.1) is 13.8 Å². The molecule has 1 N–H and O–H groups in total. The maximum absolute atomic E-state index is 12.4. The molecule has 0 spiro atoms. The molecule has 3 rings (SSSR count). The molecule has 1 aromatic carbocycles. The van der Waals surface area contributed by atoms with Crippen molar-refractivity contribution in [1.29, 1.82) is 0 Å². The Morgan fingerprint density at radius 2 is 1.74 bits per heavy atom. The monoisotopic (exact) mass is 307 g/mol. The van der Waals surface area contributed by atoms with Crippen molar-refractivity contribution in [2.24, 2.45) is 7.05 Å². The molecule has 0 saturated heterocycles. The van der Waals surface area contributed by atoms with E-state index < -0.39 is 0 Å². The molecule has 0 bridgehead atoms. The second-order valence-electron chi connectivity index (χ2n) is 5.28. The summed E-state index contributed by atoms with van der Waals surface area (Å²) < 4.78 is 1.69. The number of aromatic nitrogens is 4. The number of nitrogens with one attached hydrogen (secondary N) is 1. The first-order chi connectivity index (χ1) is 11.1. The van der Waals surface area contributed by atoms with Gasteiger partial charge in [-0.2, -0.15) is 5.10 Å². The Labute approximate surface area is 134 Å². The number of aryl methyl sites for hydroxylation is 2. The molecule has 2 aromatic heterocycles. The zero-order valence-corrected chi connectivity index (χ0v) is 13.2.